The average molecular weight is 374 g/mol. The summed E-state index contributed by atoms with van der Waals surface area (Å²) in [6.07, 6.45) is 0.793. The van der Waals surface area contributed by atoms with Crippen molar-refractivity contribution in [3.05, 3.63) is 53.8 Å². The molecule has 0 aliphatic heterocycles. The van der Waals surface area contributed by atoms with Gasteiger partial charge >= 0.3 is 0 Å². The van der Waals surface area contributed by atoms with E-state index in [0.29, 0.717) is 22.2 Å². The predicted molar refractivity (Wildman–Crippen MR) is 95.9 cm³/mol. The number of tetrazole rings is 1. The summed E-state index contributed by atoms with van der Waals surface area (Å²) in [5, 5.41) is 14.1. The van der Waals surface area contributed by atoms with Crippen LogP contribution in [0.15, 0.2) is 48.8 Å². The van der Waals surface area contributed by atoms with Gasteiger partial charge in [0.1, 0.15) is 17.8 Å². The fourth-order valence-electron chi connectivity index (χ4n) is 2.20. The minimum Gasteiger partial charge on any atom is -0.495 e. The van der Waals surface area contributed by atoms with Gasteiger partial charge in [0.2, 0.25) is 0 Å². The number of amides is 1. The fourth-order valence-corrected chi connectivity index (χ4v) is 2.46. The van der Waals surface area contributed by atoms with E-state index in [1.807, 2.05) is 0 Å². The molecule has 0 unspecified atom stereocenters. The number of carbonyl (C=O) groups excluding carboxylic acids is 1. The average Bonchev–Trinajstić information content (AvgIpc) is 3.17. The van der Waals surface area contributed by atoms with Crippen molar-refractivity contribution >= 4 is 23.2 Å². The first-order valence-corrected chi connectivity index (χ1v) is 8.09. The summed E-state index contributed by atoms with van der Waals surface area (Å²) in [7, 11) is 1.53. The van der Waals surface area contributed by atoms with E-state index in [0.717, 1.165) is 5.69 Å². The number of hydrogen-bond acceptors (Lipinski definition) is 6. The van der Waals surface area contributed by atoms with Gasteiger partial charge in [0.25, 0.3) is 5.91 Å². The summed E-state index contributed by atoms with van der Waals surface area (Å²) < 4.78 is 12.3. The van der Waals surface area contributed by atoms with E-state index in [9.17, 15) is 4.79 Å². The first-order chi connectivity index (χ1) is 12.6. The monoisotopic (exact) mass is 373 g/mol. The van der Waals surface area contributed by atoms with Crippen LogP contribution in [-0.2, 0) is 4.79 Å². The lowest BCUT2D eigenvalue weighted by Crippen LogP contribution is -2.30. The van der Waals surface area contributed by atoms with Gasteiger partial charge in [0, 0.05) is 5.69 Å². The highest BCUT2D eigenvalue weighted by Crippen LogP contribution is 2.27. The van der Waals surface area contributed by atoms with Gasteiger partial charge in [-0.05, 0) is 59.8 Å². The fraction of sp³-hybridized carbons (Fsp3) is 0.176. The summed E-state index contributed by atoms with van der Waals surface area (Å²) in [6, 6.07) is 12.1. The molecule has 3 aromatic rings. The molecular formula is C17H16ClN5O3. The van der Waals surface area contributed by atoms with Crippen molar-refractivity contribution in [2.24, 2.45) is 0 Å². The van der Waals surface area contributed by atoms with Gasteiger partial charge in [0.15, 0.2) is 6.10 Å². The molecule has 0 spiro atoms. The number of rotatable bonds is 6. The van der Waals surface area contributed by atoms with E-state index in [-0.39, 0.29) is 5.91 Å². The molecule has 0 fully saturated rings. The molecule has 0 radical (unpaired) electrons. The number of nitrogens with one attached hydrogen (secondary N) is 1. The molecule has 0 bridgehead atoms. The maximum atomic E-state index is 12.3. The zero-order chi connectivity index (χ0) is 18.5. The van der Waals surface area contributed by atoms with Crippen molar-refractivity contribution in [3.8, 4) is 17.2 Å². The number of ether oxygens (including phenoxy) is 2. The highest BCUT2D eigenvalue weighted by atomic mass is 35.5. The van der Waals surface area contributed by atoms with Crippen molar-refractivity contribution in [1.82, 2.24) is 20.2 Å². The number of aromatic nitrogens is 4. The van der Waals surface area contributed by atoms with E-state index in [1.165, 1.54) is 18.1 Å². The lowest BCUT2D eigenvalue weighted by Gasteiger charge is -2.15. The van der Waals surface area contributed by atoms with E-state index in [1.54, 1.807) is 49.4 Å². The van der Waals surface area contributed by atoms with Crippen LogP contribution in [0.25, 0.3) is 5.69 Å². The van der Waals surface area contributed by atoms with E-state index < -0.39 is 6.10 Å². The Kier molecular flexibility index (Phi) is 5.33. The van der Waals surface area contributed by atoms with Crippen molar-refractivity contribution < 1.29 is 14.3 Å². The van der Waals surface area contributed by atoms with E-state index in [4.69, 9.17) is 21.1 Å². The van der Waals surface area contributed by atoms with Crippen LogP contribution in [0.5, 0.6) is 11.5 Å². The van der Waals surface area contributed by atoms with Gasteiger partial charge in [-0.25, -0.2) is 4.68 Å². The lowest BCUT2D eigenvalue weighted by molar-refractivity contribution is -0.122. The molecule has 9 heteroatoms. The second-order valence-electron chi connectivity index (χ2n) is 5.35. The second kappa shape index (κ2) is 7.83. The number of nitrogens with zero attached hydrogens (tertiary/aromatic N) is 4. The zero-order valence-electron chi connectivity index (χ0n) is 14.1. The molecule has 26 heavy (non-hydrogen) atoms. The Hall–Kier alpha value is -3.13. The molecule has 0 saturated heterocycles. The first kappa shape index (κ1) is 17.7. The van der Waals surface area contributed by atoms with Crippen LogP contribution in [0, 0.1) is 0 Å². The van der Waals surface area contributed by atoms with Crippen LogP contribution in [0.1, 0.15) is 6.92 Å². The van der Waals surface area contributed by atoms with Crippen molar-refractivity contribution in [2.75, 3.05) is 12.4 Å². The van der Waals surface area contributed by atoms with Crippen LogP contribution >= 0.6 is 11.6 Å². The number of methoxy groups -OCH3 is 1. The van der Waals surface area contributed by atoms with Crippen LogP contribution in [0.4, 0.5) is 5.69 Å². The minimum absolute atomic E-state index is 0.296. The van der Waals surface area contributed by atoms with Crippen LogP contribution in [0.2, 0.25) is 5.02 Å². The molecule has 0 saturated carbocycles. The SMILES string of the molecule is COc1ccc(NC(=O)[C@@H](C)Oc2ccc(-n3cnnn3)cc2)cc1Cl. The Morgan fingerprint density at radius 1 is 1.23 bits per heavy atom. The zero-order valence-corrected chi connectivity index (χ0v) is 14.8. The molecule has 134 valence electrons. The Balaban J connectivity index is 1.61. The molecule has 8 nitrogen and oxygen atoms in total. The van der Waals surface area contributed by atoms with Crippen LogP contribution < -0.4 is 14.8 Å². The summed E-state index contributed by atoms with van der Waals surface area (Å²) >= 11 is 6.06. The van der Waals surface area contributed by atoms with Crippen molar-refractivity contribution in [1.29, 1.82) is 0 Å². The molecular weight excluding hydrogens is 358 g/mol. The third-order valence-electron chi connectivity index (χ3n) is 3.55. The van der Waals surface area contributed by atoms with Gasteiger partial charge in [-0.2, -0.15) is 0 Å². The standard InChI is InChI=1S/C17H16ClN5O3/c1-11(17(24)20-12-3-8-16(25-2)15(18)9-12)26-14-6-4-13(5-7-14)23-10-19-21-22-23/h3-11H,1-2H3,(H,20,24)/t11-/m1/s1. The highest BCUT2D eigenvalue weighted by Gasteiger charge is 2.15. The molecule has 1 atom stereocenters. The summed E-state index contributed by atoms with van der Waals surface area (Å²) in [5.74, 6) is 0.796. The van der Waals surface area contributed by atoms with E-state index in [2.05, 4.69) is 20.8 Å². The van der Waals surface area contributed by atoms with Gasteiger partial charge < -0.3 is 14.8 Å². The summed E-state index contributed by atoms with van der Waals surface area (Å²) in [6.45, 7) is 1.66. The minimum atomic E-state index is -0.699. The quantitative estimate of drug-likeness (QED) is 0.714. The third-order valence-corrected chi connectivity index (χ3v) is 3.85. The highest BCUT2D eigenvalue weighted by molar-refractivity contribution is 6.32. The van der Waals surface area contributed by atoms with Gasteiger partial charge in [-0.3, -0.25) is 4.79 Å². The van der Waals surface area contributed by atoms with Crippen molar-refractivity contribution in [3.63, 3.8) is 0 Å². The largest absolute Gasteiger partial charge is 0.495 e. The van der Waals surface area contributed by atoms with Gasteiger partial charge in [-0.1, -0.05) is 11.6 Å². The molecule has 0 aliphatic carbocycles. The molecule has 2 aromatic carbocycles. The van der Waals surface area contributed by atoms with Crippen LogP contribution in [-0.4, -0.2) is 39.3 Å². The number of carbonyl (C=O) groups is 1. The number of anilines is 1. The van der Waals surface area contributed by atoms with Crippen LogP contribution in [0.3, 0.4) is 0 Å². The molecule has 1 amide bonds. The Morgan fingerprint density at radius 2 is 2.00 bits per heavy atom. The summed E-state index contributed by atoms with van der Waals surface area (Å²) in [5.41, 5.74) is 1.35. The molecule has 1 aromatic heterocycles. The molecule has 0 aliphatic rings. The number of benzene rings is 2. The molecule has 1 heterocycles. The predicted octanol–water partition coefficient (Wildman–Crippen LogP) is 2.73. The van der Waals surface area contributed by atoms with Crippen molar-refractivity contribution in [2.45, 2.75) is 13.0 Å². The first-order valence-electron chi connectivity index (χ1n) is 7.71. The lowest BCUT2D eigenvalue weighted by atomic mass is 10.2. The maximum absolute atomic E-state index is 12.3. The Labute approximate surface area is 154 Å². The smallest absolute Gasteiger partial charge is 0.265 e. The number of halogens is 1. The number of hydrogen-bond donors (Lipinski definition) is 1. The molecule has 1 N–H and O–H groups in total. The third kappa shape index (κ3) is 4.09. The van der Waals surface area contributed by atoms with Gasteiger partial charge in [0.05, 0.1) is 17.8 Å². The second-order valence-corrected chi connectivity index (χ2v) is 5.75. The maximum Gasteiger partial charge on any atom is 0.265 e. The van der Waals surface area contributed by atoms with E-state index >= 15 is 0 Å². The Bertz CT molecular complexity index is 884. The topological polar surface area (TPSA) is 91.2 Å². The summed E-state index contributed by atoms with van der Waals surface area (Å²) in [4.78, 5) is 12.3. The molecule has 3 rings (SSSR count). The van der Waals surface area contributed by atoms with Gasteiger partial charge in [-0.15, -0.1) is 5.10 Å². The Morgan fingerprint density at radius 3 is 2.62 bits per heavy atom. The normalized spacial score (nSPS) is 11.7.